The van der Waals surface area contributed by atoms with E-state index in [9.17, 15) is 0 Å². The van der Waals surface area contributed by atoms with Crippen LogP contribution in [0.1, 0.15) is 91.9 Å². The average molecular weight is 486 g/mol. The van der Waals surface area contributed by atoms with Gasteiger partial charge in [0.1, 0.15) is 0 Å². The van der Waals surface area contributed by atoms with Crippen molar-refractivity contribution in [1.82, 2.24) is 0 Å². The summed E-state index contributed by atoms with van der Waals surface area (Å²) in [6.07, 6.45) is 20.6. The van der Waals surface area contributed by atoms with E-state index in [1.807, 2.05) is 6.49 Å². The van der Waals surface area contributed by atoms with Crippen molar-refractivity contribution in [1.29, 1.82) is 0 Å². The number of hydrogen-bond donors (Lipinski definition) is 0. The van der Waals surface area contributed by atoms with Crippen LogP contribution in [-0.4, -0.2) is 3.21 Å². The van der Waals surface area contributed by atoms with Crippen molar-refractivity contribution in [3.8, 4) is 0 Å². The van der Waals surface area contributed by atoms with Gasteiger partial charge in [-0.2, -0.15) is 0 Å². The molecule has 0 nitrogen and oxygen atoms in total. The van der Waals surface area contributed by atoms with Crippen molar-refractivity contribution >= 4 is 3.21 Å². The topological polar surface area (TPSA) is 0 Å². The molecule has 0 aromatic heterocycles. The van der Waals surface area contributed by atoms with Gasteiger partial charge in [-0.3, -0.25) is 0 Å². The van der Waals surface area contributed by atoms with Crippen LogP contribution < -0.4 is 24.8 Å². The van der Waals surface area contributed by atoms with E-state index in [0.717, 1.165) is 0 Å². The third-order valence-electron chi connectivity index (χ3n) is 6.64. The molecule has 0 bridgehead atoms. The molecule has 0 spiro atoms. The number of rotatable bonds is 6. The molecule has 149 valence electrons. The third-order valence-corrected chi connectivity index (χ3v) is 11.1. The largest absolute Gasteiger partial charge is 1.00 e. The standard InChI is InChI=1S/C18H25.C6H10.2ClH.Zr/c1-5-14-13-18(8-4,15-11-9-10-12-15)17(7-3)16(14)6-2;1-2-4-6-5-3-1;;;/h9-11H,5-8,12H2,1-4H3;1-5H2;2*1H;/q;;;;+2/p-2. The van der Waals surface area contributed by atoms with Crippen molar-refractivity contribution in [3.63, 3.8) is 0 Å². The summed E-state index contributed by atoms with van der Waals surface area (Å²) in [6.45, 7) is 9.68. The Morgan fingerprint density at radius 2 is 1.56 bits per heavy atom. The molecular weight excluding hydrogens is 450 g/mol. The van der Waals surface area contributed by atoms with Gasteiger partial charge in [0.05, 0.1) is 0 Å². The fourth-order valence-electron chi connectivity index (χ4n) is 5.53. The maximum Gasteiger partial charge on any atom is -1.00 e. The maximum atomic E-state index is 2.47. The second-order valence-corrected chi connectivity index (χ2v) is 11.3. The maximum absolute atomic E-state index is 2.47. The Hall–Kier alpha value is 0.293. The Labute approximate surface area is 190 Å². The molecule has 0 N–H and O–H groups in total. The molecule has 0 amide bonds. The normalized spacial score (nSPS) is 24.6. The van der Waals surface area contributed by atoms with Gasteiger partial charge in [-0.25, -0.2) is 0 Å². The van der Waals surface area contributed by atoms with Crippen LogP contribution in [-0.2, 0) is 22.8 Å². The van der Waals surface area contributed by atoms with Crippen LogP contribution in [0.5, 0.6) is 0 Å². The molecule has 3 aliphatic rings. The first-order valence-electron chi connectivity index (χ1n) is 10.7. The number of halogens is 2. The summed E-state index contributed by atoms with van der Waals surface area (Å²) < 4.78 is 3.98. The fourth-order valence-corrected chi connectivity index (χ4v) is 10.8. The van der Waals surface area contributed by atoms with Gasteiger partial charge in [0, 0.05) is 0 Å². The van der Waals surface area contributed by atoms with Gasteiger partial charge >= 0.3 is 167 Å². The molecule has 3 aliphatic carbocycles. The van der Waals surface area contributed by atoms with E-state index in [2.05, 4.69) is 45.9 Å². The predicted molar refractivity (Wildman–Crippen MR) is 108 cm³/mol. The summed E-state index contributed by atoms with van der Waals surface area (Å²) in [5.41, 5.74) is 7.39. The molecule has 3 heteroatoms. The van der Waals surface area contributed by atoms with Crippen LogP contribution in [0.2, 0.25) is 0 Å². The van der Waals surface area contributed by atoms with Gasteiger partial charge in [0.15, 0.2) is 0 Å². The van der Waals surface area contributed by atoms with Crippen molar-refractivity contribution < 1.29 is 47.6 Å². The zero-order valence-corrected chi connectivity index (χ0v) is 21.5. The molecule has 1 fully saturated rings. The molecule has 1 atom stereocenters. The molecule has 0 aromatic rings. The minimum absolute atomic E-state index is 0. The van der Waals surface area contributed by atoms with Gasteiger partial charge in [0.2, 0.25) is 0 Å². The Morgan fingerprint density at radius 3 is 2.04 bits per heavy atom. The van der Waals surface area contributed by atoms with Crippen molar-refractivity contribution in [2.24, 2.45) is 5.41 Å². The predicted octanol–water partition coefficient (Wildman–Crippen LogP) is 1.29. The van der Waals surface area contributed by atoms with Crippen LogP contribution in [0.15, 0.2) is 43.8 Å². The van der Waals surface area contributed by atoms with Crippen LogP contribution >= 0.6 is 0 Å². The summed E-state index contributed by atoms with van der Waals surface area (Å²) in [5.74, 6) is 0. The zero-order chi connectivity index (χ0) is 17.9. The van der Waals surface area contributed by atoms with Crippen molar-refractivity contribution in [2.45, 2.75) is 91.9 Å². The van der Waals surface area contributed by atoms with Gasteiger partial charge in [-0.1, -0.05) is 0 Å². The minimum Gasteiger partial charge on any atom is -1.00 e. The summed E-state index contributed by atoms with van der Waals surface area (Å²) in [7, 11) is 0. The van der Waals surface area contributed by atoms with E-state index >= 15 is 0 Å². The molecule has 1 saturated carbocycles. The van der Waals surface area contributed by atoms with Crippen LogP contribution in [0, 0.1) is 5.41 Å². The van der Waals surface area contributed by atoms with E-state index in [4.69, 9.17) is 0 Å². The van der Waals surface area contributed by atoms with Crippen LogP contribution in [0.25, 0.3) is 0 Å². The van der Waals surface area contributed by atoms with Crippen molar-refractivity contribution in [2.75, 3.05) is 0 Å². The summed E-state index contributed by atoms with van der Waals surface area (Å²) >= 11 is -0.607. The molecule has 0 aliphatic heterocycles. The summed E-state index contributed by atoms with van der Waals surface area (Å²) in [5, 5.41) is 0. The van der Waals surface area contributed by atoms with Gasteiger partial charge in [-0.05, 0) is 0 Å². The van der Waals surface area contributed by atoms with E-state index in [-0.39, 0.29) is 24.8 Å². The second kappa shape index (κ2) is 11.5. The third kappa shape index (κ3) is 4.57. The molecule has 0 saturated heterocycles. The van der Waals surface area contributed by atoms with E-state index in [1.165, 1.54) is 64.2 Å². The Balaban J connectivity index is 0.00000182. The summed E-state index contributed by atoms with van der Waals surface area (Å²) in [6, 6.07) is 0. The first-order valence-corrected chi connectivity index (χ1v) is 13.1. The first-order chi connectivity index (χ1) is 12.2. The van der Waals surface area contributed by atoms with E-state index in [1.54, 1.807) is 22.3 Å². The smallest absolute Gasteiger partial charge is 1.00 e. The Kier molecular flexibility index (Phi) is 10.8. The Morgan fingerprint density at radius 1 is 0.889 bits per heavy atom. The number of hydrogen-bond acceptors (Lipinski definition) is 0. The van der Waals surface area contributed by atoms with Crippen molar-refractivity contribution in [3.05, 3.63) is 43.8 Å². The molecule has 0 aromatic carbocycles. The monoisotopic (exact) mass is 483 g/mol. The van der Waals surface area contributed by atoms with Gasteiger partial charge < -0.3 is 24.8 Å². The second-order valence-electron chi connectivity index (χ2n) is 7.74. The molecule has 1 unspecified atom stereocenters. The summed E-state index contributed by atoms with van der Waals surface area (Å²) in [4.78, 5) is 0. The molecular formula is C24H35Cl2Zr. The van der Waals surface area contributed by atoms with E-state index < -0.39 is 22.8 Å². The first kappa shape index (κ1) is 25.3. The Bertz CT molecular complexity index is 670. The SMILES string of the molecule is CCC1=C(CC)C(CC)(C2=CC=CC2)[C]([Zr+2]=[C]2CCCCC2)=C1CC.[Cl-].[Cl-]. The van der Waals surface area contributed by atoms with Crippen LogP contribution in [0.4, 0.5) is 0 Å². The zero-order valence-electron chi connectivity index (χ0n) is 17.6. The quantitative estimate of drug-likeness (QED) is 0.532. The number of allylic oxidation sites excluding steroid dienone is 8. The minimum atomic E-state index is -0.607. The van der Waals surface area contributed by atoms with Gasteiger partial charge in [0.25, 0.3) is 0 Å². The average Bonchev–Trinajstić information content (AvgIpc) is 3.27. The van der Waals surface area contributed by atoms with Gasteiger partial charge in [-0.15, -0.1) is 0 Å². The molecule has 0 radical (unpaired) electrons. The van der Waals surface area contributed by atoms with E-state index in [0.29, 0.717) is 5.41 Å². The fraction of sp³-hybridized carbons (Fsp3) is 0.625. The van der Waals surface area contributed by atoms with Crippen LogP contribution in [0.3, 0.4) is 0 Å². The molecule has 27 heavy (non-hydrogen) atoms. The molecule has 3 rings (SSSR count). The molecule has 0 heterocycles.